The van der Waals surface area contributed by atoms with Crippen molar-refractivity contribution < 1.29 is 18.4 Å². The summed E-state index contributed by atoms with van der Waals surface area (Å²) in [5.41, 5.74) is 6.91. The Morgan fingerprint density at radius 2 is 2.00 bits per heavy atom. The topological polar surface area (TPSA) is 114 Å². The zero-order valence-corrected chi connectivity index (χ0v) is 17.7. The van der Waals surface area contributed by atoms with Crippen molar-refractivity contribution in [3.05, 3.63) is 65.9 Å². The third kappa shape index (κ3) is 3.81. The second-order valence-electron chi connectivity index (χ2n) is 6.53. The highest BCUT2D eigenvalue weighted by Crippen LogP contribution is 2.35. The van der Waals surface area contributed by atoms with Crippen molar-refractivity contribution in [3.8, 4) is 11.1 Å². The average molecular weight is 468 g/mol. The predicted molar refractivity (Wildman–Crippen MR) is 117 cm³/mol. The summed E-state index contributed by atoms with van der Waals surface area (Å²) in [5, 5.41) is 11.7. The number of carbonyl (C=O) groups is 2. The van der Waals surface area contributed by atoms with Crippen LogP contribution in [-0.4, -0.2) is 37.1 Å². The number of fused-ring (bicyclic) bond motifs is 3. The van der Waals surface area contributed by atoms with Crippen LogP contribution in [0.1, 0.15) is 10.6 Å². The first-order chi connectivity index (χ1) is 15.6. The summed E-state index contributed by atoms with van der Waals surface area (Å²) in [6.45, 7) is 0. The van der Waals surface area contributed by atoms with Gasteiger partial charge in [-0.2, -0.15) is 0 Å². The van der Waals surface area contributed by atoms with Gasteiger partial charge in [0, 0.05) is 10.9 Å². The van der Waals surface area contributed by atoms with Crippen molar-refractivity contribution >= 4 is 50.8 Å². The highest BCUT2D eigenvalue weighted by atomic mass is 32.2. The fraction of sp³-hybridized carbons (Fsp3) is 0.0500. The molecular weight excluding hydrogens is 455 g/mol. The first-order valence-corrected chi connectivity index (χ1v) is 11.1. The van der Waals surface area contributed by atoms with Crippen LogP contribution in [0, 0.1) is 5.82 Å². The van der Waals surface area contributed by atoms with Crippen molar-refractivity contribution in [2.45, 2.75) is 5.16 Å². The summed E-state index contributed by atoms with van der Waals surface area (Å²) in [5.74, 6) is -1.21. The molecule has 4 aromatic heterocycles. The summed E-state index contributed by atoms with van der Waals surface area (Å²) < 4.78 is 20.0. The number of amides is 2. The normalized spacial score (nSPS) is 11.2. The Balaban J connectivity index is 1.33. The van der Waals surface area contributed by atoms with E-state index >= 15 is 0 Å². The van der Waals surface area contributed by atoms with E-state index in [0.717, 1.165) is 33.1 Å². The summed E-state index contributed by atoms with van der Waals surface area (Å²) in [6, 6.07) is 9.27. The van der Waals surface area contributed by atoms with Crippen LogP contribution in [0.2, 0.25) is 0 Å². The molecule has 160 valence electrons. The Bertz CT molecular complexity index is 1430. The zero-order valence-electron chi connectivity index (χ0n) is 16.1. The van der Waals surface area contributed by atoms with Gasteiger partial charge in [-0.1, -0.05) is 23.9 Å². The maximum Gasteiger partial charge on any atom is 0.305 e. The average Bonchev–Trinajstić information content (AvgIpc) is 3.55. The first-order valence-electron chi connectivity index (χ1n) is 9.22. The van der Waals surface area contributed by atoms with Gasteiger partial charge in [-0.25, -0.2) is 9.37 Å². The van der Waals surface area contributed by atoms with Crippen LogP contribution >= 0.6 is 23.1 Å². The molecule has 0 aliphatic heterocycles. The van der Waals surface area contributed by atoms with Crippen LogP contribution in [0.3, 0.4) is 0 Å². The Morgan fingerprint density at radius 3 is 2.78 bits per heavy atom. The van der Waals surface area contributed by atoms with Crippen LogP contribution in [0.4, 0.5) is 4.39 Å². The predicted octanol–water partition coefficient (Wildman–Crippen LogP) is 3.29. The van der Waals surface area contributed by atoms with Crippen LogP contribution in [-0.2, 0) is 4.79 Å². The number of benzene rings is 1. The van der Waals surface area contributed by atoms with E-state index in [9.17, 15) is 14.0 Å². The Morgan fingerprint density at radius 1 is 1.16 bits per heavy atom. The number of thioether (sulfide) groups is 1. The van der Waals surface area contributed by atoms with Gasteiger partial charge in [-0.3, -0.25) is 24.8 Å². The lowest BCUT2D eigenvalue weighted by atomic mass is 10.1. The third-order valence-corrected chi connectivity index (χ3v) is 6.33. The molecule has 0 bridgehead atoms. The van der Waals surface area contributed by atoms with Gasteiger partial charge in [0.2, 0.25) is 5.91 Å². The van der Waals surface area contributed by atoms with E-state index in [-0.39, 0.29) is 17.3 Å². The number of halogens is 1. The Kier molecular flexibility index (Phi) is 5.29. The Hall–Kier alpha value is -3.77. The van der Waals surface area contributed by atoms with E-state index in [1.165, 1.54) is 35.8 Å². The number of hydrogen-bond acceptors (Lipinski definition) is 8. The highest BCUT2D eigenvalue weighted by molar-refractivity contribution is 7.99. The molecular formula is C20H13FN6O3S2. The number of hydrazine groups is 1. The monoisotopic (exact) mass is 468 g/mol. The van der Waals surface area contributed by atoms with E-state index in [2.05, 4.69) is 26.0 Å². The number of aromatic nitrogens is 4. The number of hydrogen-bond donors (Lipinski definition) is 2. The van der Waals surface area contributed by atoms with Crippen molar-refractivity contribution in [2.75, 3.05) is 5.75 Å². The molecule has 0 aliphatic rings. The first kappa shape index (κ1) is 20.2. The summed E-state index contributed by atoms with van der Waals surface area (Å²) in [7, 11) is 0. The number of nitrogens with zero attached hydrogens (tertiary/aromatic N) is 4. The number of nitrogens with one attached hydrogen (secondary N) is 2. The minimum atomic E-state index is -0.557. The number of rotatable bonds is 5. The number of thiophene rings is 1. The van der Waals surface area contributed by atoms with Gasteiger partial charge in [0.15, 0.2) is 16.6 Å². The van der Waals surface area contributed by atoms with Crippen molar-refractivity contribution in [1.29, 1.82) is 0 Å². The van der Waals surface area contributed by atoms with Crippen LogP contribution in [0.25, 0.3) is 27.0 Å². The summed E-state index contributed by atoms with van der Waals surface area (Å²) in [6.07, 6.45) is 2.96. The van der Waals surface area contributed by atoms with E-state index in [4.69, 9.17) is 4.42 Å². The molecule has 0 fully saturated rings. The minimum absolute atomic E-state index is 0.00821. The van der Waals surface area contributed by atoms with E-state index in [1.807, 2.05) is 5.38 Å². The van der Waals surface area contributed by atoms with E-state index in [0.29, 0.717) is 10.8 Å². The molecule has 5 rings (SSSR count). The molecule has 0 unspecified atom stereocenters. The zero-order chi connectivity index (χ0) is 22.1. The van der Waals surface area contributed by atoms with Gasteiger partial charge in [0.05, 0.1) is 17.4 Å². The lowest BCUT2D eigenvalue weighted by Gasteiger charge is -2.05. The second-order valence-corrected chi connectivity index (χ2v) is 8.33. The van der Waals surface area contributed by atoms with Gasteiger partial charge >= 0.3 is 5.91 Å². The standard InChI is InChI=1S/C20H13FN6O3S2/c21-12-5-3-11(4-6-12)13-8-31-19-16(13)17-24-26-20(27(17)10-22-19)32-9-15(28)23-25-18(29)14-2-1-7-30-14/h1-8,10H,9H2,(H,23,28)(H,25,29). The van der Waals surface area contributed by atoms with Gasteiger partial charge in [-0.15, -0.1) is 21.5 Å². The maximum absolute atomic E-state index is 13.3. The van der Waals surface area contributed by atoms with Gasteiger partial charge in [0.25, 0.3) is 0 Å². The number of furan rings is 1. The van der Waals surface area contributed by atoms with Crippen molar-refractivity contribution in [2.24, 2.45) is 0 Å². The molecule has 2 N–H and O–H groups in total. The lowest BCUT2D eigenvalue weighted by molar-refractivity contribution is -0.119. The molecule has 0 atom stereocenters. The smallest absolute Gasteiger partial charge is 0.305 e. The molecule has 32 heavy (non-hydrogen) atoms. The molecule has 0 saturated heterocycles. The fourth-order valence-electron chi connectivity index (χ4n) is 3.02. The van der Waals surface area contributed by atoms with Gasteiger partial charge in [0.1, 0.15) is 17.0 Å². The molecule has 5 aromatic rings. The molecule has 4 heterocycles. The van der Waals surface area contributed by atoms with Gasteiger partial charge in [-0.05, 0) is 29.8 Å². The third-order valence-electron chi connectivity index (χ3n) is 4.50. The van der Waals surface area contributed by atoms with E-state index < -0.39 is 11.8 Å². The summed E-state index contributed by atoms with van der Waals surface area (Å²) in [4.78, 5) is 29.2. The van der Waals surface area contributed by atoms with E-state index in [1.54, 1.807) is 28.9 Å². The quantitative estimate of drug-likeness (QED) is 0.300. The molecule has 9 nitrogen and oxygen atoms in total. The molecule has 12 heteroatoms. The summed E-state index contributed by atoms with van der Waals surface area (Å²) >= 11 is 2.60. The highest BCUT2D eigenvalue weighted by Gasteiger charge is 2.17. The van der Waals surface area contributed by atoms with Crippen LogP contribution in [0.5, 0.6) is 0 Å². The SMILES string of the molecule is O=C(CSc1nnc2c3c(-c4ccc(F)cc4)csc3ncn12)NNC(=O)c1ccco1. The molecule has 2 amide bonds. The molecule has 1 aromatic carbocycles. The lowest BCUT2D eigenvalue weighted by Crippen LogP contribution is -2.42. The van der Waals surface area contributed by atoms with Crippen molar-refractivity contribution in [1.82, 2.24) is 30.4 Å². The fourth-order valence-corrected chi connectivity index (χ4v) is 4.64. The Labute approximate surface area is 187 Å². The minimum Gasteiger partial charge on any atom is -0.459 e. The van der Waals surface area contributed by atoms with Crippen molar-refractivity contribution in [3.63, 3.8) is 0 Å². The maximum atomic E-state index is 13.3. The van der Waals surface area contributed by atoms with Gasteiger partial charge < -0.3 is 4.42 Å². The second kappa shape index (κ2) is 8.40. The molecule has 0 radical (unpaired) electrons. The molecule has 0 spiro atoms. The molecule has 0 aliphatic carbocycles. The largest absolute Gasteiger partial charge is 0.459 e. The van der Waals surface area contributed by atoms with Crippen LogP contribution < -0.4 is 10.9 Å². The number of carbonyl (C=O) groups excluding carboxylic acids is 2. The molecule has 0 saturated carbocycles. The van der Waals surface area contributed by atoms with Crippen LogP contribution in [0.15, 0.2) is 63.9 Å².